The monoisotopic (exact) mass is 265 g/mol. The van der Waals surface area contributed by atoms with Crippen LogP contribution in [0.3, 0.4) is 0 Å². The third-order valence-corrected chi connectivity index (χ3v) is 3.50. The Morgan fingerprint density at radius 1 is 1.25 bits per heavy atom. The van der Waals surface area contributed by atoms with Gasteiger partial charge in [0.2, 0.25) is 0 Å². The van der Waals surface area contributed by atoms with E-state index >= 15 is 0 Å². The third kappa shape index (κ3) is 2.05. The summed E-state index contributed by atoms with van der Waals surface area (Å²) < 4.78 is 0. The van der Waals surface area contributed by atoms with E-state index < -0.39 is 0 Å². The Labute approximate surface area is 117 Å². The summed E-state index contributed by atoms with van der Waals surface area (Å²) in [6.07, 6.45) is 5.20. The fraction of sp³-hybridized carbons (Fsp3) is 0.125. The first-order chi connectivity index (χ1) is 9.66. The maximum Gasteiger partial charge on any atom is 0.259 e. The van der Waals surface area contributed by atoms with E-state index in [0.717, 1.165) is 22.2 Å². The van der Waals surface area contributed by atoms with Gasteiger partial charge in [0, 0.05) is 42.2 Å². The normalized spacial score (nSPS) is 10.7. The molecule has 100 valence electrons. The molecule has 4 heteroatoms. The van der Waals surface area contributed by atoms with Crippen molar-refractivity contribution in [2.24, 2.45) is 0 Å². The SMILES string of the molecule is Cc1ccncc1C(=O)N(C)c1ccc2[nH]ccc2c1. The molecule has 0 saturated carbocycles. The average Bonchev–Trinajstić information content (AvgIpc) is 2.93. The maximum atomic E-state index is 12.5. The molecule has 1 aromatic carbocycles. The Morgan fingerprint density at radius 2 is 2.10 bits per heavy atom. The predicted octanol–water partition coefficient (Wildman–Crippen LogP) is 3.15. The lowest BCUT2D eigenvalue weighted by molar-refractivity contribution is 0.0992. The van der Waals surface area contributed by atoms with Crippen molar-refractivity contribution in [3.05, 3.63) is 60.0 Å². The molecular weight excluding hydrogens is 250 g/mol. The second-order valence-corrected chi connectivity index (χ2v) is 4.80. The van der Waals surface area contributed by atoms with Crippen LogP contribution in [-0.4, -0.2) is 22.9 Å². The van der Waals surface area contributed by atoms with Gasteiger partial charge in [-0.25, -0.2) is 0 Å². The van der Waals surface area contributed by atoms with Gasteiger partial charge in [-0.15, -0.1) is 0 Å². The van der Waals surface area contributed by atoms with Crippen LogP contribution in [0.25, 0.3) is 10.9 Å². The number of carbonyl (C=O) groups is 1. The fourth-order valence-electron chi connectivity index (χ4n) is 2.24. The highest BCUT2D eigenvalue weighted by molar-refractivity contribution is 6.07. The molecule has 2 heterocycles. The number of aryl methyl sites for hydroxylation is 1. The van der Waals surface area contributed by atoms with Crippen molar-refractivity contribution < 1.29 is 4.79 Å². The lowest BCUT2D eigenvalue weighted by Gasteiger charge is -2.18. The molecule has 1 N–H and O–H groups in total. The van der Waals surface area contributed by atoms with Crippen LogP contribution in [0.1, 0.15) is 15.9 Å². The second-order valence-electron chi connectivity index (χ2n) is 4.80. The summed E-state index contributed by atoms with van der Waals surface area (Å²) >= 11 is 0. The molecule has 0 saturated heterocycles. The Morgan fingerprint density at radius 3 is 2.90 bits per heavy atom. The number of amides is 1. The van der Waals surface area contributed by atoms with Crippen LogP contribution < -0.4 is 4.90 Å². The summed E-state index contributed by atoms with van der Waals surface area (Å²) in [5.74, 6) is -0.0505. The summed E-state index contributed by atoms with van der Waals surface area (Å²) in [7, 11) is 1.78. The number of pyridine rings is 1. The molecule has 0 aliphatic heterocycles. The molecule has 0 spiro atoms. The lowest BCUT2D eigenvalue weighted by atomic mass is 10.1. The van der Waals surface area contributed by atoms with Gasteiger partial charge in [0.05, 0.1) is 5.56 Å². The first kappa shape index (κ1) is 12.4. The number of fused-ring (bicyclic) bond motifs is 1. The molecular formula is C16H15N3O. The van der Waals surface area contributed by atoms with Gasteiger partial charge in [0.25, 0.3) is 5.91 Å². The van der Waals surface area contributed by atoms with Gasteiger partial charge in [-0.1, -0.05) is 0 Å². The number of anilines is 1. The first-order valence-corrected chi connectivity index (χ1v) is 6.42. The van der Waals surface area contributed by atoms with E-state index in [9.17, 15) is 4.79 Å². The number of aromatic amines is 1. The zero-order valence-corrected chi connectivity index (χ0v) is 11.4. The number of hydrogen-bond acceptors (Lipinski definition) is 2. The zero-order chi connectivity index (χ0) is 14.1. The minimum atomic E-state index is -0.0505. The van der Waals surface area contributed by atoms with Crippen molar-refractivity contribution >= 4 is 22.5 Å². The summed E-state index contributed by atoms with van der Waals surface area (Å²) in [6, 6.07) is 9.74. The van der Waals surface area contributed by atoms with Crippen molar-refractivity contribution in [1.82, 2.24) is 9.97 Å². The van der Waals surface area contributed by atoms with Crippen LogP contribution >= 0.6 is 0 Å². The molecule has 4 nitrogen and oxygen atoms in total. The number of aromatic nitrogens is 2. The van der Waals surface area contributed by atoms with Crippen LogP contribution in [0.4, 0.5) is 5.69 Å². The van der Waals surface area contributed by atoms with E-state index in [1.165, 1.54) is 0 Å². The lowest BCUT2D eigenvalue weighted by Crippen LogP contribution is -2.27. The summed E-state index contributed by atoms with van der Waals surface area (Å²) in [6.45, 7) is 1.91. The zero-order valence-electron chi connectivity index (χ0n) is 11.4. The largest absolute Gasteiger partial charge is 0.361 e. The van der Waals surface area contributed by atoms with Gasteiger partial charge < -0.3 is 9.88 Å². The molecule has 0 atom stereocenters. The second kappa shape index (κ2) is 4.81. The van der Waals surface area contributed by atoms with E-state index in [2.05, 4.69) is 9.97 Å². The van der Waals surface area contributed by atoms with Gasteiger partial charge in [-0.2, -0.15) is 0 Å². The molecule has 0 bridgehead atoms. The molecule has 0 aliphatic rings. The number of rotatable bonds is 2. The van der Waals surface area contributed by atoms with Crippen LogP contribution in [0.5, 0.6) is 0 Å². The summed E-state index contributed by atoms with van der Waals surface area (Å²) in [5, 5.41) is 1.09. The minimum absolute atomic E-state index is 0.0505. The van der Waals surface area contributed by atoms with E-state index in [1.54, 1.807) is 24.3 Å². The highest BCUT2D eigenvalue weighted by Crippen LogP contribution is 2.22. The van der Waals surface area contributed by atoms with Gasteiger partial charge in [-0.3, -0.25) is 9.78 Å². The van der Waals surface area contributed by atoms with Crippen LogP contribution in [0, 0.1) is 6.92 Å². The molecule has 2 aromatic heterocycles. The smallest absolute Gasteiger partial charge is 0.259 e. The minimum Gasteiger partial charge on any atom is -0.361 e. The number of hydrogen-bond donors (Lipinski definition) is 1. The highest BCUT2D eigenvalue weighted by atomic mass is 16.2. The topological polar surface area (TPSA) is 49.0 Å². The van der Waals surface area contributed by atoms with Gasteiger partial charge in [0.15, 0.2) is 0 Å². The van der Waals surface area contributed by atoms with Crippen molar-refractivity contribution in [2.75, 3.05) is 11.9 Å². The van der Waals surface area contributed by atoms with E-state index in [-0.39, 0.29) is 5.91 Å². The number of H-pyrrole nitrogens is 1. The average molecular weight is 265 g/mol. The third-order valence-electron chi connectivity index (χ3n) is 3.50. The maximum absolute atomic E-state index is 12.5. The van der Waals surface area contributed by atoms with Gasteiger partial charge in [-0.05, 0) is 42.8 Å². The molecule has 20 heavy (non-hydrogen) atoms. The Kier molecular flexibility index (Phi) is 2.99. The molecule has 1 amide bonds. The van der Waals surface area contributed by atoms with E-state index in [0.29, 0.717) is 5.56 Å². The van der Waals surface area contributed by atoms with E-state index in [1.807, 2.05) is 43.5 Å². The number of nitrogens with zero attached hydrogens (tertiary/aromatic N) is 2. The molecule has 0 fully saturated rings. The molecule has 3 aromatic rings. The van der Waals surface area contributed by atoms with Crippen LogP contribution in [0.2, 0.25) is 0 Å². The van der Waals surface area contributed by atoms with Crippen LogP contribution in [0.15, 0.2) is 48.9 Å². The predicted molar refractivity (Wildman–Crippen MR) is 80.0 cm³/mol. The fourth-order valence-corrected chi connectivity index (χ4v) is 2.24. The van der Waals surface area contributed by atoms with Crippen molar-refractivity contribution in [3.8, 4) is 0 Å². The van der Waals surface area contributed by atoms with Crippen molar-refractivity contribution in [3.63, 3.8) is 0 Å². The van der Waals surface area contributed by atoms with Crippen molar-refractivity contribution in [2.45, 2.75) is 6.92 Å². The molecule has 0 aliphatic carbocycles. The Bertz CT molecular complexity index is 776. The van der Waals surface area contributed by atoms with E-state index in [4.69, 9.17) is 0 Å². The number of benzene rings is 1. The van der Waals surface area contributed by atoms with Crippen LogP contribution in [-0.2, 0) is 0 Å². The quantitative estimate of drug-likeness (QED) is 0.773. The number of nitrogens with one attached hydrogen (secondary N) is 1. The summed E-state index contributed by atoms with van der Waals surface area (Å²) in [4.78, 5) is 21.3. The number of carbonyl (C=O) groups excluding carboxylic acids is 1. The van der Waals surface area contributed by atoms with Gasteiger partial charge >= 0.3 is 0 Å². The Balaban J connectivity index is 1.97. The summed E-state index contributed by atoms with van der Waals surface area (Å²) in [5.41, 5.74) is 3.49. The Hall–Kier alpha value is -2.62. The highest BCUT2D eigenvalue weighted by Gasteiger charge is 2.16. The standard InChI is InChI=1S/C16H15N3O/c1-11-5-7-17-10-14(11)16(20)19(2)13-3-4-15-12(9-13)6-8-18-15/h3-10,18H,1-2H3. The first-order valence-electron chi connectivity index (χ1n) is 6.42. The molecule has 0 unspecified atom stereocenters. The van der Waals surface area contributed by atoms with Crippen molar-refractivity contribution in [1.29, 1.82) is 0 Å². The van der Waals surface area contributed by atoms with Gasteiger partial charge in [0.1, 0.15) is 0 Å². The molecule has 3 rings (SSSR count). The molecule has 0 radical (unpaired) electrons.